The first-order valence-corrected chi connectivity index (χ1v) is 6.22. The van der Waals surface area contributed by atoms with E-state index in [0.717, 1.165) is 28.0 Å². The summed E-state index contributed by atoms with van der Waals surface area (Å²) in [5.74, 6) is 1.62. The molecule has 0 atom stereocenters. The van der Waals surface area contributed by atoms with Gasteiger partial charge in [-0.05, 0) is 49.3 Å². The van der Waals surface area contributed by atoms with Crippen LogP contribution in [-0.2, 0) is 0 Å². The molecule has 0 saturated heterocycles. The van der Waals surface area contributed by atoms with Gasteiger partial charge in [0.25, 0.3) is 0 Å². The average Bonchev–Trinajstić information content (AvgIpc) is 2.94. The second kappa shape index (κ2) is 4.55. The third kappa shape index (κ3) is 3.22. The van der Waals surface area contributed by atoms with Gasteiger partial charge in [0.2, 0.25) is 0 Å². The summed E-state index contributed by atoms with van der Waals surface area (Å²) in [7, 11) is 0. The van der Waals surface area contributed by atoms with Gasteiger partial charge in [0.15, 0.2) is 5.75 Å². The van der Waals surface area contributed by atoms with E-state index >= 15 is 0 Å². The number of halogens is 1. The lowest BCUT2D eigenvalue weighted by Crippen LogP contribution is -2.07. The lowest BCUT2D eigenvalue weighted by Gasteiger charge is -2.12. The first-order chi connectivity index (χ1) is 7.15. The number of rotatable bonds is 4. The molecule has 1 aliphatic carbocycles. The molecule has 1 fully saturated rings. The van der Waals surface area contributed by atoms with Crippen molar-refractivity contribution in [2.45, 2.75) is 38.9 Å². The van der Waals surface area contributed by atoms with Crippen molar-refractivity contribution in [3.8, 4) is 11.5 Å². The predicted octanol–water partition coefficient (Wildman–Crippen LogP) is 3.01. The fourth-order valence-corrected chi connectivity index (χ4v) is 1.62. The van der Waals surface area contributed by atoms with E-state index in [4.69, 9.17) is 9.47 Å². The maximum atomic E-state index is 5.73. The van der Waals surface area contributed by atoms with Crippen molar-refractivity contribution in [2.24, 2.45) is 0 Å². The van der Waals surface area contributed by atoms with Gasteiger partial charge in [0.05, 0.1) is 18.4 Å². The molecule has 15 heavy (non-hydrogen) atoms. The summed E-state index contributed by atoms with van der Waals surface area (Å²) < 4.78 is 12.2. The van der Waals surface area contributed by atoms with E-state index in [2.05, 4.69) is 27.6 Å². The van der Waals surface area contributed by atoms with Gasteiger partial charge < -0.3 is 9.47 Å². The summed E-state index contributed by atoms with van der Waals surface area (Å²) in [6.45, 7) is 4.00. The molecule has 0 unspecified atom stereocenters. The van der Waals surface area contributed by atoms with Gasteiger partial charge in [-0.25, -0.2) is 4.98 Å². The topological polar surface area (TPSA) is 31.4 Å². The van der Waals surface area contributed by atoms with Gasteiger partial charge >= 0.3 is 0 Å². The van der Waals surface area contributed by atoms with Gasteiger partial charge in [0.1, 0.15) is 9.45 Å². The van der Waals surface area contributed by atoms with Gasteiger partial charge in [-0.3, -0.25) is 0 Å². The van der Waals surface area contributed by atoms with Gasteiger partial charge in [-0.2, -0.15) is 0 Å². The van der Waals surface area contributed by atoms with Crippen LogP contribution < -0.4 is 9.47 Å². The van der Waals surface area contributed by atoms with E-state index < -0.39 is 0 Å². The predicted molar refractivity (Wildman–Crippen MR) is 66.4 cm³/mol. The van der Waals surface area contributed by atoms with Crippen LogP contribution in [0.3, 0.4) is 0 Å². The summed E-state index contributed by atoms with van der Waals surface area (Å²) in [6, 6.07) is 1.92. The standard InChI is InChI=1S/C11H14INO2/c1-7(2)14-9-5-10(11(12)13-6-9)15-8-3-4-8/h5-8H,3-4H2,1-2H3. The molecule has 3 nitrogen and oxygen atoms in total. The molecule has 1 aromatic rings. The fraction of sp³-hybridized carbons (Fsp3) is 0.545. The van der Waals surface area contributed by atoms with E-state index in [1.165, 1.54) is 0 Å². The Hall–Kier alpha value is -0.520. The zero-order chi connectivity index (χ0) is 10.8. The number of aromatic nitrogens is 1. The van der Waals surface area contributed by atoms with Crippen molar-refractivity contribution in [1.82, 2.24) is 4.98 Å². The first kappa shape index (κ1) is 11.0. The molecule has 4 heteroatoms. The minimum absolute atomic E-state index is 0.167. The van der Waals surface area contributed by atoms with E-state index in [1.807, 2.05) is 19.9 Å². The van der Waals surface area contributed by atoms with Crippen molar-refractivity contribution >= 4 is 22.6 Å². The summed E-state index contributed by atoms with van der Waals surface area (Å²) in [5, 5.41) is 0. The largest absolute Gasteiger partial charge is 0.489 e. The highest BCUT2D eigenvalue weighted by Crippen LogP contribution is 2.31. The molecule has 1 heterocycles. The Balaban J connectivity index is 2.12. The average molecular weight is 319 g/mol. The molecule has 0 N–H and O–H groups in total. The SMILES string of the molecule is CC(C)Oc1cnc(I)c(OC2CC2)c1. The van der Waals surface area contributed by atoms with Crippen molar-refractivity contribution in [1.29, 1.82) is 0 Å². The third-order valence-corrected chi connectivity index (χ3v) is 2.78. The van der Waals surface area contributed by atoms with Crippen LogP contribution in [0.15, 0.2) is 12.3 Å². The maximum absolute atomic E-state index is 5.73. The zero-order valence-corrected chi connectivity index (χ0v) is 11.0. The molecule has 0 bridgehead atoms. The molecule has 82 valence electrons. The number of nitrogens with zero attached hydrogens (tertiary/aromatic N) is 1. The van der Waals surface area contributed by atoms with Crippen molar-refractivity contribution < 1.29 is 9.47 Å². The zero-order valence-electron chi connectivity index (χ0n) is 8.87. The maximum Gasteiger partial charge on any atom is 0.155 e. The van der Waals surface area contributed by atoms with Gasteiger partial charge in [-0.1, -0.05) is 0 Å². The van der Waals surface area contributed by atoms with E-state index in [-0.39, 0.29) is 6.10 Å². The minimum atomic E-state index is 0.167. The van der Waals surface area contributed by atoms with Gasteiger partial charge in [0, 0.05) is 6.07 Å². The van der Waals surface area contributed by atoms with Crippen LogP contribution in [0.2, 0.25) is 0 Å². The molecule has 0 radical (unpaired) electrons. The molecule has 0 spiro atoms. The lowest BCUT2D eigenvalue weighted by molar-refractivity contribution is 0.237. The van der Waals surface area contributed by atoms with Crippen LogP contribution >= 0.6 is 22.6 Å². The van der Waals surface area contributed by atoms with Crippen LogP contribution in [0.1, 0.15) is 26.7 Å². The highest BCUT2D eigenvalue weighted by atomic mass is 127. The van der Waals surface area contributed by atoms with Crippen LogP contribution in [0.25, 0.3) is 0 Å². The molecular weight excluding hydrogens is 305 g/mol. The lowest BCUT2D eigenvalue weighted by atomic mass is 10.4. The minimum Gasteiger partial charge on any atom is -0.489 e. The number of ether oxygens (including phenoxy) is 2. The van der Waals surface area contributed by atoms with E-state index in [1.54, 1.807) is 6.20 Å². The monoisotopic (exact) mass is 319 g/mol. The fourth-order valence-electron chi connectivity index (χ4n) is 1.19. The highest BCUT2D eigenvalue weighted by Gasteiger charge is 2.24. The van der Waals surface area contributed by atoms with Crippen LogP contribution in [-0.4, -0.2) is 17.2 Å². The summed E-state index contributed by atoms with van der Waals surface area (Å²) in [5.41, 5.74) is 0. The van der Waals surface area contributed by atoms with Crippen molar-refractivity contribution in [3.63, 3.8) is 0 Å². The van der Waals surface area contributed by atoms with Crippen LogP contribution in [0.5, 0.6) is 11.5 Å². The molecule has 0 aliphatic heterocycles. The Kier molecular flexibility index (Phi) is 3.33. The molecule has 1 aliphatic rings. The Morgan fingerprint density at radius 1 is 1.47 bits per heavy atom. The smallest absolute Gasteiger partial charge is 0.155 e. The van der Waals surface area contributed by atoms with Crippen molar-refractivity contribution in [3.05, 3.63) is 16.0 Å². The second-order valence-electron chi connectivity index (χ2n) is 3.94. The van der Waals surface area contributed by atoms with E-state index in [0.29, 0.717) is 6.10 Å². The quantitative estimate of drug-likeness (QED) is 0.631. The Bertz CT molecular complexity index is 350. The van der Waals surface area contributed by atoms with Crippen molar-refractivity contribution in [2.75, 3.05) is 0 Å². The Labute approximate surface area is 103 Å². The third-order valence-electron chi connectivity index (χ3n) is 1.97. The molecule has 1 saturated carbocycles. The second-order valence-corrected chi connectivity index (χ2v) is 4.97. The Morgan fingerprint density at radius 3 is 2.80 bits per heavy atom. The van der Waals surface area contributed by atoms with Crippen LogP contribution in [0.4, 0.5) is 0 Å². The summed E-state index contributed by atoms with van der Waals surface area (Å²) in [4.78, 5) is 4.25. The van der Waals surface area contributed by atoms with E-state index in [9.17, 15) is 0 Å². The normalized spacial score (nSPS) is 15.5. The molecule has 0 aromatic carbocycles. The number of hydrogen-bond acceptors (Lipinski definition) is 3. The summed E-state index contributed by atoms with van der Waals surface area (Å²) >= 11 is 2.18. The molecular formula is C11H14INO2. The highest BCUT2D eigenvalue weighted by molar-refractivity contribution is 14.1. The Morgan fingerprint density at radius 2 is 2.20 bits per heavy atom. The number of hydrogen-bond donors (Lipinski definition) is 0. The summed E-state index contributed by atoms with van der Waals surface area (Å²) in [6.07, 6.45) is 4.62. The molecule has 0 amide bonds. The van der Waals surface area contributed by atoms with Crippen LogP contribution in [0, 0.1) is 3.70 Å². The first-order valence-electron chi connectivity index (χ1n) is 5.14. The molecule has 1 aromatic heterocycles. The van der Waals surface area contributed by atoms with Gasteiger partial charge in [-0.15, -0.1) is 0 Å². The number of pyridine rings is 1. The molecule has 2 rings (SSSR count).